The molecule has 0 rings (SSSR count). The molecule has 5 heteroatoms. The molecule has 0 aliphatic heterocycles. The van der Waals surface area contributed by atoms with Gasteiger partial charge >= 0.3 is 5.97 Å². The number of ether oxygens (including phenoxy) is 1. The fourth-order valence-electron chi connectivity index (χ4n) is 0.288. The molecule has 0 aliphatic carbocycles. The van der Waals surface area contributed by atoms with Crippen molar-refractivity contribution >= 4 is 11.9 Å². The van der Waals surface area contributed by atoms with Gasteiger partial charge in [-0.1, -0.05) is 6.58 Å². The summed E-state index contributed by atoms with van der Waals surface area (Å²) >= 11 is 0. The molecule has 0 fully saturated rings. The third kappa shape index (κ3) is 12.8. The zero-order valence-electron chi connectivity index (χ0n) is 8.40. The summed E-state index contributed by atoms with van der Waals surface area (Å²) in [4.78, 5) is 19.6. The topological polar surface area (TPSA) is 87.4 Å². The van der Waals surface area contributed by atoms with Crippen molar-refractivity contribution in [3.8, 4) is 6.07 Å². The van der Waals surface area contributed by atoms with Crippen molar-refractivity contribution in [3.63, 3.8) is 0 Å². The van der Waals surface area contributed by atoms with Crippen LogP contribution in [0.3, 0.4) is 0 Å². The van der Waals surface area contributed by atoms with E-state index in [1.165, 1.54) is 13.8 Å². The summed E-state index contributed by atoms with van der Waals surface area (Å²) in [6.07, 6.45) is -0.691. The average molecular weight is 199 g/mol. The third-order valence-corrected chi connectivity index (χ3v) is 0.814. The zero-order chi connectivity index (χ0) is 11.7. The van der Waals surface area contributed by atoms with Crippen LogP contribution in [0.1, 0.15) is 20.8 Å². The number of carbonyl (C=O) groups is 2. The van der Waals surface area contributed by atoms with E-state index in [1.807, 2.05) is 0 Å². The SMILES string of the molecule is C=C(C)C(=O)OC(C)C#N.CC(=O)O. The number of carboxylic acid groups (broad SMARTS) is 1. The maximum atomic E-state index is 10.6. The monoisotopic (exact) mass is 199 g/mol. The van der Waals surface area contributed by atoms with Crippen molar-refractivity contribution in [3.05, 3.63) is 12.2 Å². The number of rotatable bonds is 2. The van der Waals surface area contributed by atoms with Crippen molar-refractivity contribution in [2.24, 2.45) is 0 Å². The minimum Gasteiger partial charge on any atom is -0.481 e. The highest BCUT2D eigenvalue weighted by Crippen LogP contribution is 1.95. The van der Waals surface area contributed by atoms with Crippen LogP contribution in [0.5, 0.6) is 0 Å². The third-order valence-electron chi connectivity index (χ3n) is 0.814. The van der Waals surface area contributed by atoms with Crippen molar-refractivity contribution in [1.29, 1.82) is 5.26 Å². The normalized spacial score (nSPS) is 9.86. The molecule has 0 aliphatic rings. The predicted molar refractivity (Wildman–Crippen MR) is 49.3 cm³/mol. The molecule has 0 aromatic rings. The van der Waals surface area contributed by atoms with E-state index >= 15 is 0 Å². The molecule has 0 aromatic heterocycles. The first kappa shape index (κ1) is 14.7. The minimum atomic E-state index is -0.833. The minimum absolute atomic E-state index is 0.307. The second-order valence-corrected chi connectivity index (χ2v) is 2.48. The van der Waals surface area contributed by atoms with Gasteiger partial charge in [0.2, 0.25) is 0 Å². The van der Waals surface area contributed by atoms with E-state index in [9.17, 15) is 4.79 Å². The lowest BCUT2D eigenvalue weighted by Crippen LogP contribution is -2.12. The van der Waals surface area contributed by atoms with E-state index in [-0.39, 0.29) is 0 Å². The summed E-state index contributed by atoms with van der Waals surface area (Å²) in [5.41, 5.74) is 0.307. The summed E-state index contributed by atoms with van der Waals surface area (Å²) in [5.74, 6) is -1.35. The van der Waals surface area contributed by atoms with Crippen LogP contribution >= 0.6 is 0 Å². The number of aliphatic carboxylic acids is 1. The summed E-state index contributed by atoms with van der Waals surface area (Å²) in [6, 6.07) is 1.77. The first-order valence-electron chi connectivity index (χ1n) is 3.76. The number of hydrogen-bond donors (Lipinski definition) is 1. The summed E-state index contributed by atoms with van der Waals surface area (Å²) < 4.78 is 4.56. The molecule has 0 saturated heterocycles. The molecule has 1 atom stereocenters. The second-order valence-electron chi connectivity index (χ2n) is 2.48. The molecular formula is C9H13NO4. The van der Waals surface area contributed by atoms with Crippen LogP contribution in [0.15, 0.2) is 12.2 Å². The number of nitrogens with zero attached hydrogens (tertiary/aromatic N) is 1. The Bertz CT molecular complexity index is 260. The maximum absolute atomic E-state index is 10.6. The molecule has 0 aromatic carbocycles. The van der Waals surface area contributed by atoms with E-state index in [2.05, 4.69) is 11.3 Å². The Hall–Kier alpha value is -1.83. The largest absolute Gasteiger partial charge is 0.481 e. The number of carbonyl (C=O) groups excluding carboxylic acids is 1. The van der Waals surface area contributed by atoms with E-state index < -0.39 is 18.0 Å². The van der Waals surface area contributed by atoms with Crippen molar-refractivity contribution in [2.75, 3.05) is 0 Å². The molecule has 5 nitrogen and oxygen atoms in total. The molecule has 0 heterocycles. The Morgan fingerprint density at radius 2 is 1.86 bits per heavy atom. The first-order valence-corrected chi connectivity index (χ1v) is 3.76. The Labute approximate surface area is 82.6 Å². The molecule has 78 valence electrons. The van der Waals surface area contributed by atoms with Crippen LogP contribution in [0.2, 0.25) is 0 Å². The second kappa shape index (κ2) is 7.80. The molecule has 1 N–H and O–H groups in total. The Kier molecular flexibility index (Phi) is 8.18. The lowest BCUT2D eigenvalue weighted by atomic mass is 10.3. The van der Waals surface area contributed by atoms with Gasteiger partial charge in [0.25, 0.3) is 5.97 Å². The van der Waals surface area contributed by atoms with Gasteiger partial charge in [-0.2, -0.15) is 5.26 Å². The van der Waals surface area contributed by atoms with Gasteiger partial charge in [0.05, 0.1) is 0 Å². The van der Waals surface area contributed by atoms with Gasteiger partial charge in [-0.25, -0.2) is 4.79 Å². The van der Waals surface area contributed by atoms with Crippen LogP contribution in [0.4, 0.5) is 0 Å². The van der Waals surface area contributed by atoms with E-state index in [0.717, 1.165) is 6.92 Å². The summed E-state index contributed by atoms with van der Waals surface area (Å²) in [7, 11) is 0. The van der Waals surface area contributed by atoms with E-state index in [4.69, 9.17) is 15.2 Å². The number of nitriles is 1. The number of hydrogen-bond acceptors (Lipinski definition) is 4. The number of carboxylic acids is 1. The van der Waals surface area contributed by atoms with E-state index in [0.29, 0.717) is 5.57 Å². The Morgan fingerprint density at radius 1 is 1.50 bits per heavy atom. The predicted octanol–water partition coefficient (Wildman–Crippen LogP) is 1.11. The van der Waals surface area contributed by atoms with E-state index in [1.54, 1.807) is 6.07 Å². The van der Waals surface area contributed by atoms with Crippen LogP contribution < -0.4 is 0 Å². The van der Waals surface area contributed by atoms with Crippen LogP contribution in [-0.2, 0) is 14.3 Å². The van der Waals surface area contributed by atoms with Gasteiger partial charge in [-0.3, -0.25) is 4.79 Å². The van der Waals surface area contributed by atoms with Gasteiger partial charge < -0.3 is 9.84 Å². The molecule has 0 spiro atoms. The highest BCUT2D eigenvalue weighted by molar-refractivity contribution is 5.87. The molecular weight excluding hydrogens is 186 g/mol. The Morgan fingerprint density at radius 3 is 2.07 bits per heavy atom. The van der Waals surface area contributed by atoms with Crippen molar-refractivity contribution in [1.82, 2.24) is 0 Å². The number of esters is 1. The highest BCUT2D eigenvalue weighted by atomic mass is 16.5. The molecule has 0 saturated carbocycles. The fourth-order valence-corrected chi connectivity index (χ4v) is 0.288. The standard InChI is InChI=1S/C7H9NO2.C2H4O2/c1-5(2)7(9)10-6(3)4-8;1-2(3)4/h6H,1H2,2-3H3;1H3,(H,3,4). The summed E-state index contributed by atoms with van der Waals surface area (Å²) in [5, 5.41) is 15.6. The van der Waals surface area contributed by atoms with Crippen molar-refractivity contribution < 1.29 is 19.4 Å². The smallest absolute Gasteiger partial charge is 0.334 e. The quantitative estimate of drug-likeness (QED) is 0.531. The van der Waals surface area contributed by atoms with Crippen LogP contribution in [-0.4, -0.2) is 23.1 Å². The molecule has 0 radical (unpaired) electrons. The summed E-state index contributed by atoms with van der Waals surface area (Å²) in [6.45, 7) is 7.48. The first-order chi connectivity index (χ1) is 6.31. The zero-order valence-corrected chi connectivity index (χ0v) is 8.40. The lowest BCUT2D eigenvalue weighted by molar-refractivity contribution is -0.141. The molecule has 1 unspecified atom stereocenters. The highest BCUT2D eigenvalue weighted by Gasteiger charge is 2.07. The molecule has 0 amide bonds. The molecule has 0 bridgehead atoms. The average Bonchev–Trinajstić information content (AvgIpc) is 2.02. The van der Waals surface area contributed by atoms with Gasteiger partial charge in [0.1, 0.15) is 6.07 Å². The lowest BCUT2D eigenvalue weighted by Gasteiger charge is -2.03. The van der Waals surface area contributed by atoms with Crippen LogP contribution in [0, 0.1) is 11.3 Å². The van der Waals surface area contributed by atoms with Crippen LogP contribution in [0.25, 0.3) is 0 Å². The van der Waals surface area contributed by atoms with Gasteiger partial charge in [-0.05, 0) is 13.8 Å². The fraction of sp³-hybridized carbons (Fsp3) is 0.444. The molecule has 14 heavy (non-hydrogen) atoms. The van der Waals surface area contributed by atoms with Gasteiger partial charge in [-0.15, -0.1) is 0 Å². The van der Waals surface area contributed by atoms with Crippen molar-refractivity contribution in [2.45, 2.75) is 26.9 Å². The Balaban J connectivity index is 0. The van der Waals surface area contributed by atoms with Gasteiger partial charge in [0.15, 0.2) is 6.10 Å². The van der Waals surface area contributed by atoms with Gasteiger partial charge in [0, 0.05) is 12.5 Å². The maximum Gasteiger partial charge on any atom is 0.334 e.